The number of hydrogen-bond acceptors (Lipinski definition) is 5. The van der Waals surface area contributed by atoms with E-state index in [1.54, 1.807) is 0 Å². The maximum atomic E-state index is 6.19. The van der Waals surface area contributed by atoms with Gasteiger partial charge in [-0.1, -0.05) is 30.3 Å². The Labute approximate surface area is 146 Å². The predicted molar refractivity (Wildman–Crippen MR) is 95.4 cm³/mol. The summed E-state index contributed by atoms with van der Waals surface area (Å²) in [6, 6.07) is 10.1. The molecule has 1 atom stereocenters. The van der Waals surface area contributed by atoms with Crippen molar-refractivity contribution in [2.45, 2.75) is 39.2 Å². The first kappa shape index (κ1) is 19.6. The van der Waals surface area contributed by atoms with Crippen LogP contribution in [0, 0.1) is 0 Å². The van der Waals surface area contributed by atoms with Crippen LogP contribution in [0.1, 0.15) is 33.1 Å². The molecule has 5 nitrogen and oxygen atoms in total. The second kappa shape index (κ2) is 11.0. The Kier molecular flexibility index (Phi) is 8.94. The molecule has 0 bridgehead atoms. The minimum Gasteiger partial charge on any atom is -0.379 e. The van der Waals surface area contributed by atoms with Crippen molar-refractivity contribution in [2.24, 2.45) is 0 Å². The summed E-state index contributed by atoms with van der Waals surface area (Å²) < 4.78 is 28.8. The van der Waals surface area contributed by atoms with Gasteiger partial charge in [0.25, 0.3) is 0 Å². The standard InChI is InChI=1S/C18H30O5Si/c1-3-21-24(22-4-2,18-11-7-5-8-12-18)23-14-10-6-9-13-19-15-17-16-20-17/h5,7-8,11-12,17H,3-4,6,9-10,13-16H2,1-2H3. The van der Waals surface area contributed by atoms with Crippen LogP contribution >= 0.6 is 0 Å². The molecule has 0 saturated carbocycles. The smallest absolute Gasteiger partial charge is 0.379 e. The highest BCUT2D eigenvalue weighted by molar-refractivity contribution is 6.75. The quantitative estimate of drug-likeness (QED) is 0.292. The van der Waals surface area contributed by atoms with E-state index in [1.165, 1.54) is 0 Å². The number of epoxide rings is 1. The summed E-state index contributed by atoms with van der Waals surface area (Å²) in [5.74, 6) is 0. The molecule has 1 heterocycles. The van der Waals surface area contributed by atoms with Crippen molar-refractivity contribution in [2.75, 3.05) is 39.6 Å². The van der Waals surface area contributed by atoms with E-state index in [2.05, 4.69) is 0 Å². The zero-order valence-electron chi connectivity index (χ0n) is 14.9. The second-order valence-corrected chi connectivity index (χ2v) is 8.28. The Hall–Kier alpha value is -0.763. The minimum atomic E-state index is -2.80. The highest BCUT2D eigenvalue weighted by atomic mass is 28.4. The minimum absolute atomic E-state index is 0.350. The van der Waals surface area contributed by atoms with E-state index in [4.69, 9.17) is 22.8 Å². The Balaban J connectivity index is 1.73. The monoisotopic (exact) mass is 354 g/mol. The molecule has 136 valence electrons. The van der Waals surface area contributed by atoms with Gasteiger partial charge in [0.05, 0.1) is 13.2 Å². The molecule has 0 amide bonds. The molecule has 1 fully saturated rings. The first-order valence-electron chi connectivity index (χ1n) is 8.97. The molecule has 1 aliphatic rings. The number of unbranched alkanes of at least 4 members (excludes halogenated alkanes) is 2. The lowest BCUT2D eigenvalue weighted by Gasteiger charge is -2.29. The molecular weight excluding hydrogens is 324 g/mol. The summed E-state index contributed by atoms with van der Waals surface area (Å²) >= 11 is 0. The number of benzene rings is 1. The van der Waals surface area contributed by atoms with Gasteiger partial charge < -0.3 is 22.8 Å². The number of hydrogen-bond donors (Lipinski definition) is 0. The number of rotatable bonds is 14. The van der Waals surface area contributed by atoms with Gasteiger partial charge in [-0.05, 0) is 33.1 Å². The highest BCUT2D eigenvalue weighted by Crippen LogP contribution is 2.13. The summed E-state index contributed by atoms with van der Waals surface area (Å²) in [7, 11) is -2.80. The lowest BCUT2D eigenvalue weighted by molar-refractivity contribution is 0.0778. The Bertz CT molecular complexity index is 432. The zero-order valence-corrected chi connectivity index (χ0v) is 15.9. The van der Waals surface area contributed by atoms with Crippen LogP contribution in [0.3, 0.4) is 0 Å². The molecule has 2 rings (SSSR count). The van der Waals surface area contributed by atoms with Crippen LogP contribution in [0.2, 0.25) is 0 Å². The van der Waals surface area contributed by atoms with Gasteiger partial charge in [-0.25, -0.2) is 0 Å². The summed E-state index contributed by atoms with van der Waals surface area (Å²) in [6.07, 6.45) is 3.44. The Morgan fingerprint density at radius 3 is 2.25 bits per heavy atom. The van der Waals surface area contributed by atoms with Crippen LogP contribution < -0.4 is 5.19 Å². The van der Waals surface area contributed by atoms with E-state index in [0.717, 1.165) is 44.3 Å². The van der Waals surface area contributed by atoms with Crippen molar-refractivity contribution in [1.82, 2.24) is 0 Å². The van der Waals surface area contributed by atoms with Gasteiger partial charge in [-0.15, -0.1) is 0 Å². The number of ether oxygens (including phenoxy) is 2. The van der Waals surface area contributed by atoms with Crippen molar-refractivity contribution >= 4 is 14.0 Å². The highest BCUT2D eigenvalue weighted by Gasteiger charge is 2.43. The zero-order chi connectivity index (χ0) is 17.1. The van der Waals surface area contributed by atoms with Gasteiger partial charge in [-0.2, -0.15) is 0 Å². The first-order valence-corrected chi connectivity index (χ1v) is 10.7. The predicted octanol–water partition coefficient (Wildman–Crippen LogP) is 2.51. The maximum Gasteiger partial charge on any atom is 0.537 e. The van der Waals surface area contributed by atoms with Crippen molar-refractivity contribution < 1.29 is 22.8 Å². The Morgan fingerprint density at radius 1 is 0.958 bits per heavy atom. The average molecular weight is 355 g/mol. The lowest BCUT2D eigenvalue weighted by atomic mass is 10.2. The molecule has 1 unspecified atom stereocenters. The van der Waals surface area contributed by atoms with Crippen LogP contribution in [-0.4, -0.2) is 54.5 Å². The first-order chi connectivity index (χ1) is 11.8. The van der Waals surface area contributed by atoms with Gasteiger partial charge in [0.1, 0.15) is 6.10 Å². The molecule has 1 aromatic carbocycles. The third-order valence-electron chi connectivity index (χ3n) is 3.73. The fourth-order valence-electron chi connectivity index (χ4n) is 2.47. The molecule has 0 aliphatic carbocycles. The lowest BCUT2D eigenvalue weighted by Crippen LogP contribution is -2.57. The van der Waals surface area contributed by atoms with Crippen molar-refractivity contribution in [3.63, 3.8) is 0 Å². The van der Waals surface area contributed by atoms with Gasteiger partial charge in [0.2, 0.25) is 0 Å². The van der Waals surface area contributed by atoms with Crippen LogP contribution in [0.4, 0.5) is 0 Å². The van der Waals surface area contributed by atoms with Crippen LogP contribution in [-0.2, 0) is 22.8 Å². The van der Waals surface area contributed by atoms with E-state index in [9.17, 15) is 0 Å². The van der Waals surface area contributed by atoms with Crippen LogP contribution in [0.15, 0.2) is 30.3 Å². The molecule has 6 heteroatoms. The van der Waals surface area contributed by atoms with Gasteiger partial charge in [-0.3, -0.25) is 0 Å². The molecule has 0 spiro atoms. The van der Waals surface area contributed by atoms with E-state index < -0.39 is 8.80 Å². The fourth-order valence-corrected chi connectivity index (χ4v) is 4.99. The molecular formula is C18H30O5Si. The molecule has 24 heavy (non-hydrogen) atoms. The van der Waals surface area contributed by atoms with Gasteiger partial charge in [0, 0.05) is 31.6 Å². The summed E-state index contributed by atoms with van der Waals surface area (Å²) in [5, 5.41) is 1.03. The van der Waals surface area contributed by atoms with Crippen LogP contribution in [0.25, 0.3) is 0 Å². The third-order valence-corrected chi connectivity index (χ3v) is 6.69. The summed E-state index contributed by atoms with van der Waals surface area (Å²) in [6.45, 7) is 8.15. The van der Waals surface area contributed by atoms with Crippen LogP contribution in [0.5, 0.6) is 0 Å². The molecule has 1 aromatic rings. The van der Waals surface area contributed by atoms with Crippen molar-refractivity contribution in [3.05, 3.63) is 30.3 Å². The Morgan fingerprint density at radius 2 is 1.62 bits per heavy atom. The topological polar surface area (TPSA) is 49.5 Å². The maximum absolute atomic E-state index is 6.19. The van der Waals surface area contributed by atoms with Crippen molar-refractivity contribution in [1.29, 1.82) is 0 Å². The SMILES string of the molecule is CCO[Si](OCC)(OCCCCCOCC1CO1)c1ccccc1. The molecule has 1 aliphatic heterocycles. The molecule has 0 radical (unpaired) electrons. The largest absolute Gasteiger partial charge is 0.537 e. The van der Waals surface area contributed by atoms with E-state index in [0.29, 0.717) is 25.9 Å². The van der Waals surface area contributed by atoms with E-state index >= 15 is 0 Å². The molecule has 0 N–H and O–H groups in total. The normalized spacial score (nSPS) is 17.2. The molecule has 0 aromatic heterocycles. The van der Waals surface area contributed by atoms with Gasteiger partial charge in [0.15, 0.2) is 0 Å². The fraction of sp³-hybridized carbons (Fsp3) is 0.667. The summed E-state index contributed by atoms with van der Waals surface area (Å²) in [4.78, 5) is 0. The van der Waals surface area contributed by atoms with Gasteiger partial charge >= 0.3 is 8.80 Å². The summed E-state index contributed by atoms with van der Waals surface area (Å²) in [5.41, 5.74) is 0. The average Bonchev–Trinajstić information content (AvgIpc) is 3.42. The van der Waals surface area contributed by atoms with E-state index in [-0.39, 0.29) is 0 Å². The molecule has 1 saturated heterocycles. The second-order valence-electron chi connectivity index (χ2n) is 5.73. The van der Waals surface area contributed by atoms with E-state index in [1.807, 2.05) is 44.2 Å². The van der Waals surface area contributed by atoms with Crippen molar-refractivity contribution in [3.8, 4) is 0 Å². The third kappa shape index (κ3) is 6.62.